The topological polar surface area (TPSA) is 24.9 Å². The number of hydrogen-bond donors (Lipinski definition) is 1. The molecule has 0 atom stereocenters. The van der Waals surface area contributed by atoms with E-state index in [1.807, 2.05) is 6.07 Å². The minimum atomic E-state index is -0.0543. The predicted molar refractivity (Wildman–Crippen MR) is 92.3 cm³/mol. The highest BCUT2D eigenvalue weighted by Crippen LogP contribution is 2.40. The monoisotopic (exact) mass is 374 g/mol. The van der Waals surface area contributed by atoms with E-state index in [-0.39, 0.29) is 5.41 Å². The SMILES string of the molecule is CCNc1cc(C(C)(C)C)nc2c(Cl)c(Cl)c(Br)cc12. The number of fused-ring (bicyclic) bond motifs is 1. The van der Waals surface area contributed by atoms with Gasteiger partial charge in [-0.15, -0.1) is 0 Å². The quantitative estimate of drug-likeness (QED) is 0.647. The number of anilines is 1. The Morgan fingerprint density at radius 1 is 1.20 bits per heavy atom. The van der Waals surface area contributed by atoms with E-state index in [1.165, 1.54) is 0 Å². The molecule has 0 aliphatic rings. The summed E-state index contributed by atoms with van der Waals surface area (Å²) in [6, 6.07) is 4.05. The van der Waals surface area contributed by atoms with Crippen molar-refractivity contribution in [3.05, 3.63) is 32.3 Å². The summed E-state index contributed by atoms with van der Waals surface area (Å²) < 4.78 is 0.779. The van der Waals surface area contributed by atoms with Crippen LogP contribution in [-0.2, 0) is 5.41 Å². The Labute approximate surface area is 138 Å². The third-order valence-corrected chi connectivity index (χ3v) is 4.79. The molecule has 1 aromatic heterocycles. The van der Waals surface area contributed by atoms with Gasteiger partial charge in [0, 0.05) is 33.2 Å². The van der Waals surface area contributed by atoms with E-state index >= 15 is 0 Å². The second kappa shape index (κ2) is 5.70. The van der Waals surface area contributed by atoms with E-state index in [0.29, 0.717) is 10.0 Å². The molecule has 2 aromatic rings. The van der Waals surface area contributed by atoms with Gasteiger partial charge in [0.25, 0.3) is 0 Å². The molecule has 0 fully saturated rings. The number of aromatic nitrogens is 1. The molecular weight excluding hydrogens is 359 g/mol. The summed E-state index contributed by atoms with van der Waals surface area (Å²) in [5.74, 6) is 0. The van der Waals surface area contributed by atoms with Crippen LogP contribution in [0.5, 0.6) is 0 Å². The molecular formula is C15H17BrCl2N2. The number of nitrogens with one attached hydrogen (secondary N) is 1. The number of hydrogen-bond acceptors (Lipinski definition) is 2. The lowest BCUT2D eigenvalue weighted by molar-refractivity contribution is 0.572. The van der Waals surface area contributed by atoms with Gasteiger partial charge in [0.05, 0.1) is 15.6 Å². The van der Waals surface area contributed by atoms with Gasteiger partial charge in [-0.2, -0.15) is 0 Å². The minimum Gasteiger partial charge on any atom is -0.385 e. The molecule has 1 heterocycles. The number of halogens is 3. The number of nitrogens with zero attached hydrogens (tertiary/aromatic N) is 1. The van der Waals surface area contributed by atoms with Crippen molar-refractivity contribution in [2.75, 3.05) is 11.9 Å². The molecule has 5 heteroatoms. The van der Waals surface area contributed by atoms with Crippen LogP contribution in [0.4, 0.5) is 5.69 Å². The van der Waals surface area contributed by atoms with Gasteiger partial charge >= 0.3 is 0 Å². The fourth-order valence-corrected chi connectivity index (χ4v) is 2.92. The van der Waals surface area contributed by atoms with Crippen molar-refractivity contribution in [3.8, 4) is 0 Å². The maximum atomic E-state index is 6.37. The molecule has 0 aliphatic carbocycles. The molecule has 0 unspecified atom stereocenters. The predicted octanol–water partition coefficient (Wildman–Crippen LogP) is 6.03. The average Bonchev–Trinajstić information content (AvgIpc) is 2.36. The molecule has 0 saturated heterocycles. The van der Waals surface area contributed by atoms with Gasteiger partial charge in [-0.25, -0.2) is 0 Å². The lowest BCUT2D eigenvalue weighted by Gasteiger charge is -2.21. The molecule has 0 saturated carbocycles. The van der Waals surface area contributed by atoms with Gasteiger partial charge in [0.2, 0.25) is 0 Å². The molecule has 0 amide bonds. The Bertz CT molecular complexity index is 663. The van der Waals surface area contributed by atoms with Crippen LogP contribution in [0.3, 0.4) is 0 Å². The van der Waals surface area contributed by atoms with Crippen molar-refractivity contribution in [2.24, 2.45) is 0 Å². The van der Waals surface area contributed by atoms with Crippen LogP contribution in [0.1, 0.15) is 33.4 Å². The summed E-state index contributed by atoms with van der Waals surface area (Å²) >= 11 is 16.0. The summed E-state index contributed by atoms with van der Waals surface area (Å²) in [6.07, 6.45) is 0. The van der Waals surface area contributed by atoms with Crippen LogP contribution in [0.25, 0.3) is 10.9 Å². The van der Waals surface area contributed by atoms with E-state index in [1.54, 1.807) is 0 Å². The first-order valence-corrected chi connectivity index (χ1v) is 8.03. The van der Waals surface area contributed by atoms with E-state index < -0.39 is 0 Å². The third-order valence-electron chi connectivity index (χ3n) is 3.08. The van der Waals surface area contributed by atoms with Gasteiger partial charge < -0.3 is 5.32 Å². The number of pyridine rings is 1. The molecule has 108 valence electrons. The van der Waals surface area contributed by atoms with Crippen molar-refractivity contribution >= 4 is 55.7 Å². The minimum absolute atomic E-state index is 0.0543. The zero-order chi connectivity index (χ0) is 15.1. The van der Waals surface area contributed by atoms with Crippen LogP contribution in [0.2, 0.25) is 10.0 Å². The van der Waals surface area contributed by atoms with Gasteiger partial charge in [-0.1, -0.05) is 44.0 Å². The normalized spacial score (nSPS) is 11.9. The molecule has 1 aromatic carbocycles. The standard InChI is InChI=1S/C15H17BrCl2N2/c1-5-19-10-7-11(15(2,3)4)20-14-8(10)6-9(16)12(17)13(14)18/h6-7H,5H2,1-4H3,(H,19,20). The largest absolute Gasteiger partial charge is 0.385 e. The average molecular weight is 376 g/mol. The van der Waals surface area contributed by atoms with E-state index in [9.17, 15) is 0 Å². The lowest BCUT2D eigenvalue weighted by atomic mass is 9.90. The Balaban J connectivity index is 2.86. The Hall–Kier alpha value is -0.510. The summed E-state index contributed by atoms with van der Waals surface area (Å²) in [6.45, 7) is 9.29. The molecule has 0 bridgehead atoms. The van der Waals surface area contributed by atoms with Crippen LogP contribution in [-0.4, -0.2) is 11.5 Å². The summed E-state index contributed by atoms with van der Waals surface area (Å²) in [5, 5.41) is 5.34. The first kappa shape index (κ1) is 15.9. The summed E-state index contributed by atoms with van der Waals surface area (Å²) in [5.41, 5.74) is 2.70. The van der Waals surface area contributed by atoms with Crippen molar-refractivity contribution < 1.29 is 0 Å². The highest BCUT2D eigenvalue weighted by Gasteiger charge is 2.20. The van der Waals surface area contributed by atoms with Crippen molar-refractivity contribution in [3.63, 3.8) is 0 Å². The Kier molecular flexibility index (Phi) is 4.53. The fourth-order valence-electron chi connectivity index (χ4n) is 1.99. The number of benzene rings is 1. The summed E-state index contributed by atoms with van der Waals surface area (Å²) in [4.78, 5) is 4.71. The second-order valence-electron chi connectivity index (χ2n) is 5.72. The third kappa shape index (κ3) is 2.90. The highest BCUT2D eigenvalue weighted by atomic mass is 79.9. The van der Waals surface area contributed by atoms with Gasteiger partial charge in [0.1, 0.15) is 0 Å². The van der Waals surface area contributed by atoms with Crippen molar-refractivity contribution in [1.82, 2.24) is 4.98 Å². The molecule has 0 spiro atoms. The van der Waals surface area contributed by atoms with Crippen molar-refractivity contribution in [2.45, 2.75) is 33.1 Å². The van der Waals surface area contributed by atoms with E-state index in [0.717, 1.165) is 33.3 Å². The zero-order valence-electron chi connectivity index (χ0n) is 11.9. The zero-order valence-corrected chi connectivity index (χ0v) is 15.0. The van der Waals surface area contributed by atoms with Gasteiger partial charge in [-0.05, 0) is 35.0 Å². The van der Waals surface area contributed by atoms with Crippen LogP contribution >= 0.6 is 39.1 Å². The number of rotatable bonds is 2. The first-order valence-electron chi connectivity index (χ1n) is 6.48. The summed E-state index contributed by atoms with van der Waals surface area (Å²) in [7, 11) is 0. The van der Waals surface area contributed by atoms with Crippen molar-refractivity contribution in [1.29, 1.82) is 0 Å². The molecule has 2 rings (SSSR count). The highest BCUT2D eigenvalue weighted by molar-refractivity contribution is 9.10. The fraction of sp³-hybridized carbons (Fsp3) is 0.400. The van der Waals surface area contributed by atoms with Crippen LogP contribution < -0.4 is 5.32 Å². The molecule has 1 N–H and O–H groups in total. The van der Waals surface area contributed by atoms with E-state index in [4.69, 9.17) is 28.2 Å². The van der Waals surface area contributed by atoms with Gasteiger partial charge in [0.15, 0.2) is 0 Å². The Morgan fingerprint density at radius 3 is 2.40 bits per heavy atom. The van der Waals surface area contributed by atoms with Crippen LogP contribution in [0.15, 0.2) is 16.6 Å². The van der Waals surface area contributed by atoms with E-state index in [2.05, 4.69) is 55.0 Å². The maximum absolute atomic E-state index is 6.37. The molecule has 20 heavy (non-hydrogen) atoms. The maximum Gasteiger partial charge on any atom is 0.0928 e. The smallest absolute Gasteiger partial charge is 0.0928 e. The molecule has 0 aliphatic heterocycles. The molecule has 0 radical (unpaired) electrons. The second-order valence-corrected chi connectivity index (χ2v) is 7.33. The lowest BCUT2D eigenvalue weighted by Crippen LogP contribution is -2.14. The van der Waals surface area contributed by atoms with Gasteiger partial charge in [-0.3, -0.25) is 4.98 Å². The first-order chi connectivity index (χ1) is 9.25. The Morgan fingerprint density at radius 2 is 1.85 bits per heavy atom. The molecule has 2 nitrogen and oxygen atoms in total. The van der Waals surface area contributed by atoms with Crippen LogP contribution in [0, 0.1) is 0 Å².